The highest BCUT2D eigenvalue weighted by Gasteiger charge is 2.24. The Hall–Kier alpha value is -7.23. The third kappa shape index (κ3) is 9.81. The summed E-state index contributed by atoms with van der Waals surface area (Å²) in [6, 6.07) is 21.5. The molecule has 0 bridgehead atoms. The molecule has 8 aromatic rings. The summed E-state index contributed by atoms with van der Waals surface area (Å²) in [4.78, 5) is 47.9. The standard InChI is InChI=1S/C28H25Cl2N3O4.C24H22Cl2N4O3/c1-6-18(34)10-16-9-7-8-15(2)27(16)32-23-12-20-17(14-31-23)11-19(28(35)33(20)3)24-25(29)21(36-4)13-22(37-5)26(24)30;1-12-6-5-7-15(27)23(12)29-19-9-16-13(11-28-19)8-14(24(31)30(16)2)20-21(25)17(32-3)10-18(33-4)22(20)26/h6-9,11-14H,1,10H2,2-5H3,(H,31,32);5-11H,27H2,1-4H3,(H,28,29). The summed E-state index contributed by atoms with van der Waals surface area (Å²) in [7, 11) is 9.26. The molecule has 0 amide bonds. The molecule has 14 nitrogen and oxygen atoms in total. The van der Waals surface area contributed by atoms with Crippen molar-refractivity contribution in [2.75, 3.05) is 44.8 Å². The maximum Gasteiger partial charge on any atom is 0.258 e. The van der Waals surface area contributed by atoms with Gasteiger partial charge in [0.15, 0.2) is 5.78 Å². The van der Waals surface area contributed by atoms with Crippen molar-refractivity contribution in [2.24, 2.45) is 14.1 Å². The zero-order valence-electron chi connectivity index (χ0n) is 39.3. The van der Waals surface area contributed by atoms with Crippen LogP contribution >= 0.6 is 46.4 Å². The number of pyridine rings is 4. The Balaban J connectivity index is 0.000000208. The smallest absolute Gasteiger partial charge is 0.258 e. The molecule has 0 saturated carbocycles. The number of fused-ring (bicyclic) bond motifs is 2. The van der Waals surface area contributed by atoms with Crippen molar-refractivity contribution in [3.8, 4) is 45.3 Å². The number of hydrogen-bond donors (Lipinski definition) is 3. The number of aryl methyl sites for hydroxylation is 4. The van der Waals surface area contributed by atoms with Gasteiger partial charge in [0, 0.05) is 84.8 Å². The second kappa shape index (κ2) is 21.2. The SMILES string of the molecule is C=CC(=O)Cc1cccc(C)c1Nc1cc2c(cn1)cc(-c1c(Cl)c(OC)cc(OC)c1Cl)c(=O)n2C.COc1cc(OC)c(Cl)c(-c2cc3cnc(Nc4c(C)cccc4N)cc3n(C)c2=O)c1Cl. The second-order valence-electron chi connectivity index (χ2n) is 15.9. The monoisotopic (exact) mass is 1020 g/mol. The fourth-order valence-electron chi connectivity index (χ4n) is 7.90. The molecular weight excluding hydrogens is 976 g/mol. The lowest BCUT2D eigenvalue weighted by Gasteiger charge is -2.17. The Kier molecular flexibility index (Phi) is 15.3. The lowest BCUT2D eigenvalue weighted by Crippen LogP contribution is -2.19. The van der Waals surface area contributed by atoms with E-state index in [2.05, 4.69) is 27.2 Å². The second-order valence-corrected chi connectivity index (χ2v) is 17.4. The molecule has 0 spiro atoms. The first-order valence-electron chi connectivity index (χ1n) is 21.3. The van der Waals surface area contributed by atoms with Gasteiger partial charge < -0.3 is 44.4 Å². The van der Waals surface area contributed by atoms with E-state index in [-0.39, 0.29) is 49.0 Å². The van der Waals surface area contributed by atoms with Crippen molar-refractivity contribution in [1.82, 2.24) is 19.1 Å². The summed E-state index contributed by atoms with van der Waals surface area (Å²) in [5.41, 5.74) is 13.0. The van der Waals surface area contributed by atoms with E-state index >= 15 is 0 Å². The van der Waals surface area contributed by atoms with Gasteiger partial charge in [-0.1, -0.05) is 83.3 Å². The quantitative estimate of drug-likeness (QED) is 0.0738. The number of carbonyl (C=O) groups excluding carboxylic acids is 1. The molecular formula is C52H47Cl4N7O7. The number of rotatable bonds is 13. The fourth-order valence-corrected chi connectivity index (χ4v) is 9.31. The van der Waals surface area contributed by atoms with E-state index < -0.39 is 0 Å². The summed E-state index contributed by atoms with van der Waals surface area (Å²) in [6.07, 6.45) is 4.86. The number of methoxy groups -OCH3 is 4. The summed E-state index contributed by atoms with van der Waals surface area (Å²) < 4.78 is 24.4. The minimum absolute atomic E-state index is 0.0819. The van der Waals surface area contributed by atoms with Crippen LogP contribution in [0.5, 0.6) is 23.0 Å². The van der Waals surface area contributed by atoms with Crippen LogP contribution in [0.1, 0.15) is 16.7 Å². The van der Waals surface area contributed by atoms with Crippen molar-refractivity contribution >= 4 is 103 Å². The molecule has 0 fully saturated rings. The molecule has 18 heteroatoms. The van der Waals surface area contributed by atoms with Crippen molar-refractivity contribution < 1.29 is 23.7 Å². The van der Waals surface area contributed by atoms with E-state index in [9.17, 15) is 14.4 Å². The van der Waals surface area contributed by atoms with E-state index in [1.165, 1.54) is 43.6 Å². The van der Waals surface area contributed by atoms with E-state index in [1.807, 2.05) is 50.2 Å². The van der Waals surface area contributed by atoms with Crippen LogP contribution in [-0.2, 0) is 25.3 Å². The number of para-hydroxylation sites is 2. The van der Waals surface area contributed by atoms with Crippen LogP contribution in [0.3, 0.4) is 0 Å². The third-order valence-corrected chi connectivity index (χ3v) is 13.2. The molecule has 0 aliphatic carbocycles. The minimum atomic E-state index is -0.308. The molecule has 0 unspecified atom stereocenters. The molecule has 0 aliphatic rings. The van der Waals surface area contributed by atoms with Gasteiger partial charge in [0.25, 0.3) is 11.1 Å². The molecule has 4 aromatic carbocycles. The number of ketones is 1. The van der Waals surface area contributed by atoms with Crippen LogP contribution < -0.4 is 46.4 Å². The van der Waals surface area contributed by atoms with Gasteiger partial charge in [-0.3, -0.25) is 14.4 Å². The first kappa shape index (κ1) is 50.6. The van der Waals surface area contributed by atoms with Crippen LogP contribution in [0.2, 0.25) is 20.1 Å². The van der Waals surface area contributed by atoms with Crippen molar-refractivity contribution in [1.29, 1.82) is 0 Å². The molecule has 4 heterocycles. The van der Waals surface area contributed by atoms with Gasteiger partial charge in [-0.2, -0.15) is 0 Å². The number of nitrogens with one attached hydrogen (secondary N) is 2. The van der Waals surface area contributed by atoms with Crippen LogP contribution in [-0.4, -0.2) is 53.3 Å². The molecule has 360 valence electrons. The van der Waals surface area contributed by atoms with Crippen molar-refractivity contribution in [3.63, 3.8) is 0 Å². The van der Waals surface area contributed by atoms with E-state index in [1.54, 1.807) is 62.9 Å². The largest absolute Gasteiger partial charge is 0.495 e. The highest BCUT2D eigenvalue weighted by molar-refractivity contribution is 6.42. The third-order valence-electron chi connectivity index (χ3n) is 11.7. The number of nitrogens with two attached hydrogens (primary N) is 1. The van der Waals surface area contributed by atoms with Crippen LogP contribution in [0.15, 0.2) is 107 Å². The Bertz CT molecular complexity index is 3450. The van der Waals surface area contributed by atoms with Crippen LogP contribution in [0, 0.1) is 13.8 Å². The number of allylic oxidation sites excluding steroid dienone is 1. The van der Waals surface area contributed by atoms with Crippen LogP contribution in [0.25, 0.3) is 44.1 Å². The number of carbonyl (C=O) groups is 1. The number of anilines is 5. The number of aromatic nitrogens is 4. The van der Waals surface area contributed by atoms with Gasteiger partial charge in [0.1, 0.15) is 34.6 Å². The van der Waals surface area contributed by atoms with Crippen molar-refractivity contribution in [2.45, 2.75) is 20.3 Å². The summed E-state index contributed by atoms with van der Waals surface area (Å²) in [6.45, 7) is 7.46. The molecule has 70 heavy (non-hydrogen) atoms. The molecule has 4 N–H and O–H groups in total. The van der Waals surface area contributed by atoms with Crippen molar-refractivity contribution in [3.05, 3.63) is 155 Å². The minimum Gasteiger partial charge on any atom is -0.495 e. The van der Waals surface area contributed by atoms with Gasteiger partial charge in [0.2, 0.25) is 0 Å². The number of ether oxygens (including phenoxy) is 4. The Morgan fingerprint density at radius 1 is 0.643 bits per heavy atom. The molecule has 0 aliphatic heterocycles. The topological polar surface area (TPSA) is 174 Å². The Morgan fingerprint density at radius 2 is 1.04 bits per heavy atom. The summed E-state index contributed by atoms with van der Waals surface area (Å²) in [5, 5.41) is 8.84. The van der Waals surface area contributed by atoms with Gasteiger partial charge in [-0.15, -0.1) is 0 Å². The van der Waals surface area contributed by atoms with E-state index in [4.69, 9.17) is 71.1 Å². The van der Waals surface area contributed by atoms with Gasteiger partial charge in [0.05, 0.1) is 82.1 Å². The highest BCUT2D eigenvalue weighted by atomic mass is 35.5. The lowest BCUT2D eigenvalue weighted by atomic mass is 10.0. The summed E-state index contributed by atoms with van der Waals surface area (Å²) >= 11 is 26.2. The number of nitrogen functional groups attached to an aromatic ring is 1. The van der Waals surface area contributed by atoms with E-state index in [0.29, 0.717) is 73.4 Å². The molecule has 8 rings (SSSR count). The molecule has 4 aromatic heterocycles. The molecule has 0 saturated heterocycles. The van der Waals surface area contributed by atoms with Gasteiger partial charge in [-0.05, 0) is 54.8 Å². The molecule has 0 radical (unpaired) electrons. The lowest BCUT2D eigenvalue weighted by molar-refractivity contribution is -0.114. The highest BCUT2D eigenvalue weighted by Crippen LogP contribution is 2.47. The van der Waals surface area contributed by atoms with Gasteiger partial charge in [-0.25, -0.2) is 9.97 Å². The number of halogens is 4. The van der Waals surface area contributed by atoms with Gasteiger partial charge >= 0.3 is 0 Å². The first-order valence-corrected chi connectivity index (χ1v) is 22.8. The maximum absolute atomic E-state index is 13.5. The molecule has 0 atom stereocenters. The Morgan fingerprint density at radius 3 is 1.44 bits per heavy atom. The predicted molar refractivity (Wildman–Crippen MR) is 283 cm³/mol. The number of hydrogen-bond acceptors (Lipinski definition) is 12. The Labute approximate surface area is 423 Å². The normalized spacial score (nSPS) is 10.9. The van der Waals surface area contributed by atoms with Crippen LogP contribution in [0.4, 0.5) is 28.7 Å². The zero-order chi connectivity index (χ0) is 50.7. The van der Waals surface area contributed by atoms with E-state index in [0.717, 1.165) is 33.5 Å². The predicted octanol–water partition coefficient (Wildman–Crippen LogP) is 11.8. The maximum atomic E-state index is 13.5. The fraction of sp³-hybridized carbons (Fsp3) is 0.173. The number of benzene rings is 4. The zero-order valence-corrected chi connectivity index (χ0v) is 42.3. The first-order chi connectivity index (χ1) is 33.5. The average molecular weight is 1020 g/mol. The number of nitrogens with zero attached hydrogens (tertiary/aromatic N) is 4. The summed E-state index contributed by atoms with van der Waals surface area (Å²) in [5.74, 6) is 2.37. The average Bonchev–Trinajstić information content (AvgIpc) is 3.35.